The summed E-state index contributed by atoms with van der Waals surface area (Å²) in [6, 6.07) is 3.77. The van der Waals surface area contributed by atoms with Crippen LogP contribution in [0.5, 0.6) is 5.75 Å². The Labute approximate surface area is 156 Å². The molecule has 0 spiro atoms. The third-order valence-electron chi connectivity index (χ3n) is 3.90. The van der Waals surface area contributed by atoms with E-state index in [9.17, 15) is 22.8 Å². The molecule has 1 saturated heterocycles. The smallest absolute Gasteiger partial charge is 0.252 e. The van der Waals surface area contributed by atoms with Crippen LogP contribution in [0.1, 0.15) is 23.2 Å². The van der Waals surface area contributed by atoms with Gasteiger partial charge < -0.3 is 15.2 Å². The molecule has 148 valence electrons. The predicted octanol–water partition coefficient (Wildman–Crippen LogP) is -0.762. The van der Waals surface area contributed by atoms with E-state index in [1.54, 1.807) is 0 Å². The number of likely N-dealkylation sites (tertiary alicyclic amines) is 1. The number of hydrogen-bond donors (Lipinski definition) is 2. The minimum atomic E-state index is -3.87. The number of methoxy groups -OCH3 is 1. The molecule has 10 nitrogen and oxygen atoms in total. The highest BCUT2D eigenvalue weighted by Crippen LogP contribution is 2.21. The Morgan fingerprint density at radius 1 is 1.22 bits per heavy atom. The van der Waals surface area contributed by atoms with Gasteiger partial charge in [-0.3, -0.25) is 19.3 Å². The van der Waals surface area contributed by atoms with Crippen molar-refractivity contribution in [2.45, 2.75) is 17.7 Å². The Morgan fingerprint density at radius 3 is 2.48 bits per heavy atom. The number of ether oxygens (including phenoxy) is 2. The van der Waals surface area contributed by atoms with Gasteiger partial charge in [-0.2, -0.15) is 0 Å². The third kappa shape index (κ3) is 5.25. The number of carbonyl (C=O) groups excluding carboxylic acids is 3. The van der Waals surface area contributed by atoms with Crippen LogP contribution < -0.4 is 15.2 Å². The molecule has 1 aliphatic rings. The van der Waals surface area contributed by atoms with Crippen LogP contribution in [0.2, 0.25) is 0 Å². The van der Waals surface area contributed by atoms with Gasteiger partial charge in [0.25, 0.3) is 5.91 Å². The summed E-state index contributed by atoms with van der Waals surface area (Å²) in [5, 5.41) is 0. The predicted molar refractivity (Wildman–Crippen MR) is 93.5 cm³/mol. The van der Waals surface area contributed by atoms with Crippen molar-refractivity contribution in [3.8, 4) is 5.75 Å². The van der Waals surface area contributed by atoms with Crippen LogP contribution in [0, 0.1) is 0 Å². The number of sulfonamides is 1. The lowest BCUT2D eigenvalue weighted by Gasteiger charge is -2.14. The minimum absolute atomic E-state index is 0.0256. The first kappa shape index (κ1) is 20.8. The largest absolute Gasteiger partial charge is 0.496 e. The molecule has 0 atom stereocenters. The molecular formula is C16H21N3O7S. The van der Waals surface area contributed by atoms with Crippen LogP contribution in [-0.4, -0.2) is 64.5 Å². The van der Waals surface area contributed by atoms with Gasteiger partial charge in [0.2, 0.25) is 21.8 Å². The van der Waals surface area contributed by atoms with E-state index in [4.69, 9.17) is 15.2 Å². The molecule has 3 N–H and O–H groups in total. The van der Waals surface area contributed by atoms with Gasteiger partial charge in [-0.1, -0.05) is 0 Å². The van der Waals surface area contributed by atoms with Crippen LogP contribution in [-0.2, 0) is 24.3 Å². The van der Waals surface area contributed by atoms with Crippen molar-refractivity contribution in [1.82, 2.24) is 9.62 Å². The first-order valence-corrected chi connectivity index (χ1v) is 9.63. The Hall–Kier alpha value is -2.50. The van der Waals surface area contributed by atoms with E-state index in [0.717, 1.165) is 11.0 Å². The van der Waals surface area contributed by atoms with E-state index >= 15 is 0 Å². The van der Waals surface area contributed by atoms with Gasteiger partial charge in [0.05, 0.1) is 37.3 Å². The van der Waals surface area contributed by atoms with Gasteiger partial charge in [-0.15, -0.1) is 0 Å². The van der Waals surface area contributed by atoms with Crippen molar-refractivity contribution < 1.29 is 32.3 Å². The Kier molecular flexibility index (Phi) is 6.88. The fourth-order valence-corrected chi connectivity index (χ4v) is 3.55. The highest BCUT2D eigenvalue weighted by molar-refractivity contribution is 7.89. The van der Waals surface area contributed by atoms with E-state index in [-0.39, 0.29) is 67.2 Å². The lowest BCUT2D eigenvalue weighted by Crippen LogP contribution is -2.33. The van der Waals surface area contributed by atoms with E-state index in [2.05, 4.69) is 4.72 Å². The zero-order chi connectivity index (χ0) is 20.0. The molecule has 27 heavy (non-hydrogen) atoms. The maximum absolute atomic E-state index is 12.3. The molecule has 1 fully saturated rings. The summed E-state index contributed by atoms with van der Waals surface area (Å²) in [5.41, 5.74) is 5.18. The van der Waals surface area contributed by atoms with Gasteiger partial charge in [-0.05, 0) is 18.2 Å². The van der Waals surface area contributed by atoms with Gasteiger partial charge in [0.15, 0.2) is 0 Å². The van der Waals surface area contributed by atoms with Gasteiger partial charge in [-0.25, -0.2) is 13.1 Å². The number of hydrogen-bond acceptors (Lipinski definition) is 7. The summed E-state index contributed by atoms with van der Waals surface area (Å²) in [4.78, 5) is 35.3. The second-order valence-electron chi connectivity index (χ2n) is 5.68. The molecule has 1 aromatic rings. The van der Waals surface area contributed by atoms with E-state index in [1.165, 1.54) is 19.2 Å². The lowest BCUT2D eigenvalue weighted by molar-refractivity contribution is -0.139. The molecule has 0 saturated carbocycles. The van der Waals surface area contributed by atoms with Crippen molar-refractivity contribution >= 4 is 27.7 Å². The number of primary amides is 1. The lowest BCUT2D eigenvalue weighted by atomic mass is 10.2. The molecule has 0 bridgehead atoms. The summed E-state index contributed by atoms with van der Waals surface area (Å²) < 4.78 is 37.1. The Morgan fingerprint density at radius 2 is 1.89 bits per heavy atom. The zero-order valence-electron chi connectivity index (χ0n) is 14.8. The van der Waals surface area contributed by atoms with Crippen molar-refractivity contribution in [1.29, 1.82) is 0 Å². The molecular weight excluding hydrogens is 378 g/mol. The van der Waals surface area contributed by atoms with Crippen molar-refractivity contribution in [3.05, 3.63) is 23.8 Å². The Bertz CT molecular complexity index is 822. The summed E-state index contributed by atoms with van der Waals surface area (Å²) >= 11 is 0. The number of nitrogens with zero attached hydrogens (tertiary/aromatic N) is 1. The molecule has 2 rings (SSSR count). The van der Waals surface area contributed by atoms with E-state index in [0.29, 0.717) is 0 Å². The molecule has 0 aliphatic carbocycles. The maximum Gasteiger partial charge on any atom is 0.252 e. The molecule has 1 aliphatic heterocycles. The van der Waals surface area contributed by atoms with Crippen molar-refractivity contribution in [2.24, 2.45) is 5.73 Å². The standard InChI is InChI=1S/C16H21N3O7S/c1-25-13-3-2-11(10-12(13)16(17)22)27(23,24)18-6-8-26-9-7-19-14(20)4-5-15(19)21/h2-3,10,18H,4-9H2,1H3,(H2,17,22). The molecule has 3 amide bonds. The van der Waals surface area contributed by atoms with Crippen LogP contribution in [0.15, 0.2) is 23.1 Å². The minimum Gasteiger partial charge on any atom is -0.496 e. The first-order valence-electron chi connectivity index (χ1n) is 8.14. The average Bonchev–Trinajstić information content (AvgIpc) is 2.95. The number of carbonyl (C=O) groups is 3. The van der Waals surface area contributed by atoms with Crippen LogP contribution in [0.4, 0.5) is 0 Å². The highest BCUT2D eigenvalue weighted by Gasteiger charge is 2.28. The van der Waals surface area contributed by atoms with E-state index < -0.39 is 15.9 Å². The first-order chi connectivity index (χ1) is 12.8. The number of imide groups is 1. The average molecular weight is 399 g/mol. The van der Waals surface area contributed by atoms with Crippen LogP contribution in [0.3, 0.4) is 0 Å². The second kappa shape index (κ2) is 8.93. The highest BCUT2D eigenvalue weighted by atomic mass is 32.2. The number of rotatable bonds is 10. The van der Waals surface area contributed by atoms with Gasteiger partial charge in [0.1, 0.15) is 5.75 Å². The van der Waals surface area contributed by atoms with Crippen LogP contribution >= 0.6 is 0 Å². The van der Waals surface area contributed by atoms with E-state index in [1.807, 2.05) is 0 Å². The van der Waals surface area contributed by atoms with Crippen LogP contribution in [0.25, 0.3) is 0 Å². The number of nitrogens with one attached hydrogen (secondary N) is 1. The topological polar surface area (TPSA) is 145 Å². The second-order valence-corrected chi connectivity index (χ2v) is 7.44. The Balaban J connectivity index is 1.83. The SMILES string of the molecule is COc1ccc(S(=O)(=O)NCCOCCN2C(=O)CCC2=O)cc1C(N)=O. The van der Waals surface area contributed by atoms with Gasteiger partial charge in [0, 0.05) is 19.4 Å². The maximum atomic E-state index is 12.3. The molecule has 1 heterocycles. The normalized spacial score (nSPS) is 14.6. The molecule has 0 radical (unpaired) electrons. The molecule has 0 unspecified atom stereocenters. The fraction of sp³-hybridized carbons (Fsp3) is 0.438. The zero-order valence-corrected chi connectivity index (χ0v) is 15.6. The monoisotopic (exact) mass is 399 g/mol. The van der Waals surface area contributed by atoms with Crippen molar-refractivity contribution in [2.75, 3.05) is 33.4 Å². The quantitative estimate of drug-likeness (QED) is 0.388. The van der Waals surface area contributed by atoms with Gasteiger partial charge >= 0.3 is 0 Å². The molecule has 0 aromatic heterocycles. The third-order valence-corrected chi connectivity index (χ3v) is 5.36. The van der Waals surface area contributed by atoms with Crippen molar-refractivity contribution in [3.63, 3.8) is 0 Å². The summed E-state index contributed by atoms with van der Waals surface area (Å²) in [7, 11) is -2.53. The summed E-state index contributed by atoms with van der Waals surface area (Å²) in [6.07, 6.45) is 0.432. The molecule has 11 heteroatoms. The number of nitrogens with two attached hydrogens (primary N) is 1. The fourth-order valence-electron chi connectivity index (χ4n) is 2.51. The summed E-state index contributed by atoms with van der Waals surface area (Å²) in [5.74, 6) is -1.09. The summed E-state index contributed by atoms with van der Waals surface area (Å²) in [6.45, 7) is 0.287. The molecule has 1 aromatic carbocycles. The number of amides is 3. The number of benzene rings is 1.